The van der Waals surface area contributed by atoms with Gasteiger partial charge in [-0.3, -0.25) is 4.79 Å². The lowest BCUT2D eigenvalue weighted by Crippen LogP contribution is -2.40. The number of rotatable bonds is 8. The van der Waals surface area contributed by atoms with Crippen LogP contribution < -0.4 is 0 Å². The molecule has 6 heteroatoms. The summed E-state index contributed by atoms with van der Waals surface area (Å²) in [4.78, 5) is 25.5. The molecular weight excluding hydrogens is 298 g/mol. The second-order valence-corrected chi connectivity index (χ2v) is 5.48. The van der Waals surface area contributed by atoms with Gasteiger partial charge in [-0.25, -0.2) is 9.69 Å². The summed E-state index contributed by atoms with van der Waals surface area (Å²) in [5.74, 6) is -0.209. The summed E-state index contributed by atoms with van der Waals surface area (Å²) in [6.07, 6.45) is 1.19. The van der Waals surface area contributed by atoms with Crippen LogP contribution in [0.1, 0.15) is 24.8 Å². The molecule has 0 saturated carbocycles. The van der Waals surface area contributed by atoms with Gasteiger partial charge >= 0.3 is 6.09 Å². The van der Waals surface area contributed by atoms with Crippen LogP contribution in [-0.2, 0) is 25.4 Å². The number of imide groups is 1. The first kappa shape index (κ1) is 17.4. The van der Waals surface area contributed by atoms with E-state index in [1.807, 2.05) is 30.3 Å². The van der Waals surface area contributed by atoms with Crippen LogP contribution >= 0.6 is 0 Å². The van der Waals surface area contributed by atoms with E-state index in [1.54, 1.807) is 14.2 Å². The van der Waals surface area contributed by atoms with E-state index in [1.165, 1.54) is 4.90 Å². The molecule has 2 amide bonds. The zero-order chi connectivity index (χ0) is 16.7. The second-order valence-electron chi connectivity index (χ2n) is 5.48. The summed E-state index contributed by atoms with van der Waals surface area (Å²) in [7, 11) is 3.12. The van der Waals surface area contributed by atoms with Gasteiger partial charge in [-0.1, -0.05) is 30.3 Å². The van der Waals surface area contributed by atoms with Crippen LogP contribution in [0.2, 0.25) is 0 Å². The molecule has 1 aliphatic heterocycles. The van der Waals surface area contributed by atoms with Gasteiger partial charge in [0, 0.05) is 20.6 Å². The number of benzene rings is 1. The summed E-state index contributed by atoms with van der Waals surface area (Å²) in [6, 6.07) is 9.53. The van der Waals surface area contributed by atoms with E-state index in [0.717, 1.165) is 5.56 Å². The fourth-order valence-electron chi connectivity index (χ4n) is 2.67. The smallest absolute Gasteiger partial charge is 0.416 e. The van der Waals surface area contributed by atoms with Crippen molar-refractivity contribution in [2.75, 3.05) is 20.8 Å². The molecule has 1 aromatic carbocycles. The Kier molecular flexibility index (Phi) is 6.55. The highest BCUT2D eigenvalue weighted by molar-refractivity contribution is 5.93. The van der Waals surface area contributed by atoms with Crippen molar-refractivity contribution in [3.05, 3.63) is 35.9 Å². The Morgan fingerprint density at radius 1 is 1.30 bits per heavy atom. The summed E-state index contributed by atoms with van der Waals surface area (Å²) in [5, 5.41) is 0. The monoisotopic (exact) mass is 321 g/mol. The lowest BCUT2D eigenvalue weighted by atomic mass is 10.1. The Hall–Kier alpha value is -1.92. The van der Waals surface area contributed by atoms with E-state index in [9.17, 15) is 9.59 Å². The average molecular weight is 321 g/mol. The number of ether oxygens (including phenoxy) is 3. The average Bonchev–Trinajstić information content (AvgIpc) is 2.93. The largest absolute Gasteiger partial charge is 0.447 e. The molecule has 0 aromatic heterocycles. The molecule has 23 heavy (non-hydrogen) atoms. The molecule has 1 fully saturated rings. The molecule has 2 rings (SSSR count). The van der Waals surface area contributed by atoms with Crippen LogP contribution in [-0.4, -0.2) is 50.1 Å². The predicted octanol–water partition coefficient (Wildman–Crippen LogP) is 2.37. The first-order chi connectivity index (χ1) is 11.2. The van der Waals surface area contributed by atoms with Gasteiger partial charge in [0.1, 0.15) is 6.61 Å². The normalized spacial score (nSPS) is 17.6. The van der Waals surface area contributed by atoms with Crippen molar-refractivity contribution in [1.29, 1.82) is 0 Å². The van der Waals surface area contributed by atoms with Crippen molar-refractivity contribution in [2.45, 2.75) is 38.0 Å². The second kappa shape index (κ2) is 8.64. The minimum Gasteiger partial charge on any atom is -0.447 e. The molecule has 0 unspecified atom stereocenters. The summed E-state index contributed by atoms with van der Waals surface area (Å²) in [6.45, 7) is 0.248. The zero-order valence-electron chi connectivity index (χ0n) is 13.6. The number of carbonyl (C=O) groups excluding carboxylic acids is 2. The van der Waals surface area contributed by atoms with Crippen molar-refractivity contribution in [1.82, 2.24) is 4.90 Å². The number of hydrogen-bond acceptors (Lipinski definition) is 5. The number of carbonyl (C=O) groups is 2. The third-order valence-electron chi connectivity index (χ3n) is 3.90. The SMILES string of the molecule is COC(CCCC(=O)N1C(=O)OC[C@@H]1Cc1ccccc1)OC. The van der Waals surface area contributed by atoms with E-state index in [2.05, 4.69) is 0 Å². The lowest BCUT2D eigenvalue weighted by Gasteiger charge is -2.20. The van der Waals surface area contributed by atoms with Crippen molar-refractivity contribution in [3.63, 3.8) is 0 Å². The molecule has 1 heterocycles. The molecule has 1 aliphatic rings. The molecule has 6 nitrogen and oxygen atoms in total. The number of cyclic esters (lactones) is 1. The van der Waals surface area contributed by atoms with Crippen LogP contribution in [0.4, 0.5) is 4.79 Å². The Labute approximate surface area is 136 Å². The van der Waals surface area contributed by atoms with E-state index < -0.39 is 6.09 Å². The first-order valence-corrected chi connectivity index (χ1v) is 7.74. The van der Waals surface area contributed by atoms with Crippen LogP contribution in [0.5, 0.6) is 0 Å². The molecular formula is C17H23NO5. The van der Waals surface area contributed by atoms with Crippen molar-refractivity contribution >= 4 is 12.0 Å². The van der Waals surface area contributed by atoms with Gasteiger partial charge in [-0.2, -0.15) is 0 Å². The molecule has 0 aliphatic carbocycles. The molecule has 0 radical (unpaired) electrons. The van der Waals surface area contributed by atoms with Crippen molar-refractivity contribution in [3.8, 4) is 0 Å². The van der Waals surface area contributed by atoms with Crippen LogP contribution in [0.15, 0.2) is 30.3 Å². The number of nitrogens with zero attached hydrogens (tertiary/aromatic N) is 1. The zero-order valence-corrected chi connectivity index (χ0v) is 13.6. The summed E-state index contributed by atoms with van der Waals surface area (Å²) in [5.41, 5.74) is 1.08. The Balaban J connectivity index is 1.89. The van der Waals surface area contributed by atoms with Crippen LogP contribution in [0.25, 0.3) is 0 Å². The van der Waals surface area contributed by atoms with Gasteiger partial charge in [0.25, 0.3) is 0 Å². The third-order valence-corrected chi connectivity index (χ3v) is 3.90. The molecule has 126 valence electrons. The van der Waals surface area contributed by atoms with Gasteiger partial charge in [0.15, 0.2) is 6.29 Å². The lowest BCUT2D eigenvalue weighted by molar-refractivity contribution is -0.130. The van der Waals surface area contributed by atoms with E-state index in [4.69, 9.17) is 14.2 Å². The summed E-state index contributed by atoms with van der Waals surface area (Å²) < 4.78 is 15.2. The first-order valence-electron chi connectivity index (χ1n) is 7.74. The van der Waals surface area contributed by atoms with Gasteiger partial charge in [-0.15, -0.1) is 0 Å². The quantitative estimate of drug-likeness (QED) is 0.688. The number of amides is 2. The Morgan fingerprint density at radius 3 is 2.65 bits per heavy atom. The van der Waals surface area contributed by atoms with E-state index >= 15 is 0 Å². The molecule has 1 atom stereocenters. The fourth-order valence-corrected chi connectivity index (χ4v) is 2.67. The highest BCUT2D eigenvalue weighted by Crippen LogP contribution is 2.19. The molecule has 0 spiro atoms. The molecule has 0 N–H and O–H groups in total. The fraction of sp³-hybridized carbons (Fsp3) is 0.529. The number of methoxy groups -OCH3 is 2. The molecule has 1 saturated heterocycles. The Morgan fingerprint density at radius 2 is 2.00 bits per heavy atom. The topological polar surface area (TPSA) is 65.1 Å². The Bertz CT molecular complexity index is 515. The van der Waals surface area contributed by atoms with Crippen LogP contribution in [0.3, 0.4) is 0 Å². The van der Waals surface area contributed by atoms with Crippen molar-refractivity contribution in [2.24, 2.45) is 0 Å². The standard InChI is InChI=1S/C17H23NO5/c1-21-16(22-2)10-6-9-15(19)18-14(12-23-17(18)20)11-13-7-4-3-5-8-13/h3-5,7-8,14,16H,6,9-12H2,1-2H3/t14-/m0/s1. The minimum atomic E-state index is -0.550. The van der Waals surface area contributed by atoms with Crippen molar-refractivity contribution < 1.29 is 23.8 Å². The number of hydrogen-bond donors (Lipinski definition) is 0. The maximum atomic E-state index is 12.4. The maximum absolute atomic E-state index is 12.4. The van der Waals surface area contributed by atoms with Gasteiger partial charge in [0.2, 0.25) is 5.91 Å². The molecule has 1 aromatic rings. The molecule has 0 bridgehead atoms. The predicted molar refractivity (Wildman–Crippen MR) is 83.8 cm³/mol. The third kappa shape index (κ3) is 4.77. The minimum absolute atomic E-state index is 0.209. The van der Waals surface area contributed by atoms with E-state index in [-0.39, 0.29) is 31.3 Å². The summed E-state index contributed by atoms with van der Waals surface area (Å²) >= 11 is 0. The maximum Gasteiger partial charge on any atom is 0.416 e. The van der Waals surface area contributed by atoms with E-state index in [0.29, 0.717) is 19.3 Å². The highest BCUT2D eigenvalue weighted by Gasteiger charge is 2.37. The van der Waals surface area contributed by atoms with Gasteiger partial charge < -0.3 is 14.2 Å². The van der Waals surface area contributed by atoms with Gasteiger partial charge in [-0.05, 0) is 24.8 Å². The highest BCUT2D eigenvalue weighted by atomic mass is 16.7. The van der Waals surface area contributed by atoms with Crippen LogP contribution in [0, 0.1) is 0 Å². The van der Waals surface area contributed by atoms with Gasteiger partial charge in [0.05, 0.1) is 6.04 Å².